The molecule has 0 bridgehead atoms. The molecule has 2 heterocycles. The third-order valence-electron chi connectivity index (χ3n) is 4.06. The SMILES string of the molecule is Clc1cccc(Cl)c1CSc1nnc(-c2ccncc2)n1-c1ccc(Br)cc1. The van der Waals surface area contributed by atoms with Gasteiger partial charge in [-0.1, -0.05) is 57.0 Å². The van der Waals surface area contributed by atoms with Gasteiger partial charge in [0, 0.05) is 43.9 Å². The zero-order valence-corrected chi connectivity index (χ0v) is 18.3. The lowest BCUT2D eigenvalue weighted by molar-refractivity contribution is 0.885. The van der Waals surface area contributed by atoms with Crippen molar-refractivity contribution < 1.29 is 0 Å². The molecule has 28 heavy (non-hydrogen) atoms. The van der Waals surface area contributed by atoms with E-state index < -0.39 is 0 Å². The smallest absolute Gasteiger partial charge is 0.196 e. The lowest BCUT2D eigenvalue weighted by Crippen LogP contribution is -2.00. The fourth-order valence-corrected chi connectivity index (χ4v) is 4.64. The Bertz CT molecular complexity index is 1080. The van der Waals surface area contributed by atoms with Gasteiger partial charge in [-0.2, -0.15) is 0 Å². The predicted molar refractivity (Wildman–Crippen MR) is 118 cm³/mol. The molecule has 0 saturated heterocycles. The number of thioether (sulfide) groups is 1. The van der Waals surface area contributed by atoms with Crippen molar-refractivity contribution in [1.82, 2.24) is 19.7 Å². The molecule has 0 aliphatic carbocycles. The number of hydrogen-bond donors (Lipinski definition) is 0. The Labute approximate surface area is 185 Å². The molecule has 4 rings (SSSR count). The first kappa shape index (κ1) is 19.5. The van der Waals surface area contributed by atoms with Crippen LogP contribution in [0.15, 0.2) is 76.6 Å². The number of hydrogen-bond acceptors (Lipinski definition) is 4. The van der Waals surface area contributed by atoms with Gasteiger partial charge >= 0.3 is 0 Å². The number of rotatable bonds is 5. The summed E-state index contributed by atoms with van der Waals surface area (Å²) in [4.78, 5) is 4.09. The minimum atomic E-state index is 0.587. The van der Waals surface area contributed by atoms with Gasteiger partial charge in [0.2, 0.25) is 0 Å². The van der Waals surface area contributed by atoms with Gasteiger partial charge < -0.3 is 0 Å². The van der Waals surface area contributed by atoms with Crippen LogP contribution in [-0.4, -0.2) is 19.7 Å². The van der Waals surface area contributed by atoms with Crippen molar-refractivity contribution in [3.05, 3.63) is 87.1 Å². The van der Waals surface area contributed by atoms with E-state index in [1.807, 2.05) is 59.2 Å². The van der Waals surface area contributed by atoms with Crippen LogP contribution >= 0.6 is 50.9 Å². The summed E-state index contributed by atoms with van der Waals surface area (Å²) in [5, 5.41) is 10.9. The molecule has 4 nitrogen and oxygen atoms in total. The summed E-state index contributed by atoms with van der Waals surface area (Å²) in [6, 6.07) is 17.4. The first-order valence-corrected chi connectivity index (χ1v) is 10.8. The van der Waals surface area contributed by atoms with Crippen molar-refractivity contribution in [2.75, 3.05) is 0 Å². The molecule has 0 spiro atoms. The Morgan fingerprint density at radius 3 is 2.25 bits per heavy atom. The quantitative estimate of drug-likeness (QED) is 0.291. The molecule has 2 aromatic heterocycles. The van der Waals surface area contributed by atoms with E-state index in [0.29, 0.717) is 15.8 Å². The Morgan fingerprint density at radius 2 is 1.57 bits per heavy atom. The maximum Gasteiger partial charge on any atom is 0.196 e. The predicted octanol–water partition coefficient (Wildman–Crippen LogP) is 6.69. The summed E-state index contributed by atoms with van der Waals surface area (Å²) in [5.41, 5.74) is 2.78. The molecule has 0 unspecified atom stereocenters. The summed E-state index contributed by atoms with van der Waals surface area (Å²) in [6.45, 7) is 0. The molecule has 0 saturated carbocycles. The van der Waals surface area contributed by atoms with Gasteiger partial charge in [-0.15, -0.1) is 10.2 Å². The van der Waals surface area contributed by atoms with Crippen LogP contribution < -0.4 is 0 Å². The summed E-state index contributed by atoms with van der Waals surface area (Å²) in [7, 11) is 0. The monoisotopic (exact) mass is 490 g/mol. The minimum Gasteiger partial charge on any atom is -0.270 e. The second kappa shape index (κ2) is 8.66. The standard InChI is InChI=1S/C20H13BrCl2N4S/c21-14-4-6-15(7-5-14)27-19(13-8-10-24-11-9-13)25-26-20(27)28-12-16-17(22)2-1-3-18(16)23/h1-11H,12H2. The second-order valence-corrected chi connectivity index (χ2v) is 8.52. The van der Waals surface area contributed by atoms with E-state index in [0.717, 1.165) is 32.3 Å². The van der Waals surface area contributed by atoms with Crippen LogP contribution in [0.2, 0.25) is 10.0 Å². The van der Waals surface area contributed by atoms with Crippen LogP contribution in [0.25, 0.3) is 17.1 Å². The number of nitrogens with zero attached hydrogens (tertiary/aromatic N) is 4. The van der Waals surface area contributed by atoms with Gasteiger partial charge in [-0.05, 0) is 54.1 Å². The van der Waals surface area contributed by atoms with Gasteiger partial charge in [0.05, 0.1) is 0 Å². The maximum atomic E-state index is 6.32. The van der Waals surface area contributed by atoms with Crippen molar-refractivity contribution in [2.45, 2.75) is 10.9 Å². The molecule has 0 atom stereocenters. The lowest BCUT2D eigenvalue weighted by Gasteiger charge is -2.11. The van der Waals surface area contributed by atoms with Crippen molar-refractivity contribution >= 4 is 50.9 Å². The van der Waals surface area contributed by atoms with E-state index in [1.165, 1.54) is 11.8 Å². The van der Waals surface area contributed by atoms with E-state index in [-0.39, 0.29) is 0 Å². The Kier molecular flexibility index (Phi) is 6.01. The minimum absolute atomic E-state index is 0.587. The molecule has 0 amide bonds. The maximum absolute atomic E-state index is 6.32. The van der Waals surface area contributed by atoms with E-state index in [2.05, 4.69) is 31.1 Å². The first-order valence-electron chi connectivity index (χ1n) is 8.31. The Balaban J connectivity index is 1.75. The van der Waals surface area contributed by atoms with Gasteiger partial charge in [-0.25, -0.2) is 0 Å². The van der Waals surface area contributed by atoms with Crippen LogP contribution in [-0.2, 0) is 5.75 Å². The van der Waals surface area contributed by atoms with Crippen LogP contribution in [0.1, 0.15) is 5.56 Å². The van der Waals surface area contributed by atoms with Crippen molar-refractivity contribution in [2.24, 2.45) is 0 Å². The third-order valence-corrected chi connectivity index (χ3v) is 6.26. The van der Waals surface area contributed by atoms with E-state index >= 15 is 0 Å². The van der Waals surface area contributed by atoms with E-state index in [4.69, 9.17) is 23.2 Å². The zero-order valence-electron chi connectivity index (χ0n) is 14.4. The third kappa shape index (κ3) is 4.10. The van der Waals surface area contributed by atoms with Crippen LogP contribution in [0.4, 0.5) is 0 Å². The van der Waals surface area contributed by atoms with Gasteiger partial charge in [0.25, 0.3) is 0 Å². The highest BCUT2D eigenvalue weighted by molar-refractivity contribution is 9.10. The average Bonchev–Trinajstić information content (AvgIpc) is 3.13. The average molecular weight is 492 g/mol. The van der Waals surface area contributed by atoms with Crippen molar-refractivity contribution in [3.63, 3.8) is 0 Å². The van der Waals surface area contributed by atoms with Gasteiger partial charge in [0.15, 0.2) is 11.0 Å². The summed E-state index contributed by atoms with van der Waals surface area (Å²) < 4.78 is 3.03. The molecule has 8 heteroatoms. The molecular formula is C20H13BrCl2N4S. The molecule has 140 valence electrons. The fourth-order valence-electron chi connectivity index (χ4n) is 2.68. The normalized spacial score (nSPS) is 11.0. The lowest BCUT2D eigenvalue weighted by atomic mass is 10.2. The number of aromatic nitrogens is 4. The summed E-state index contributed by atoms with van der Waals surface area (Å²) >= 11 is 17.7. The van der Waals surface area contributed by atoms with Gasteiger partial charge in [-0.3, -0.25) is 9.55 Å². The van der Waals surface area contributed by atoms with Gasteiger partial charge in [0.1, 0.15) is 0 Å². The molecule has 0 fully saturated rings. The summed E-state index contributed by atoms with van der Waals surface area (Å²) in [5.74, 6) is 1.33. The highest BCUT2D eigenvalue weighted by Gasteiger charge is 2.17. The molecule has 0 aliphatic heterocycles. The topological polar surface area (TPSA) is 43.6 Å². The second-order valence-electron chi connectivity index (χ2n) is 5.84. The molecular weight excluding hydrogens is 479 g/mol. The van der Waals surface area contributed by atoms with E-state index in [9.17, 15) is 0 Å². The Morgan fingerprint density at radius 1 is 0.893 bits per heavy atom. The highest BCUT2D eigenvalue weighted by atomic mass is 79.9. The van der Waals surface area contributed by atoms with Crippen molar-refractivity contribution in [3.8, 4) is 17.1 Å². The number of halogens is 3. The molecule has 0 aliphatic rings. The molecule has 2 aromatic carbocycles. The molecule has 0 N–H and O–H groups in total. The number of pyridine rings is 1. The molecule has 0 radical (unpaired) electrons. The van der Waals surface area contributed by atoms with E-state index in [1.54, 1.807) is 12.4 Å². The fraction of sp³-hybridized carbons (Fsp3) is 0.0500. The molecule has 4 aromatic rings. The summed E-state index contributed by atoms with van der Waals surface area (Å²) in [6.07, 6.45) is 3.48. The van der Waals surface area contributed by atoms with Crippen molar-refractivity contribution in [1.29, 1.82) is 0 Å². The van der Waals surface area contributed by atoms with Crippen LogP contribution in [0.3, 0.4) is 0 Å². The number of benzene rings is 2. The highest BCUT2D eigenvalue weighted by Crippen LogP contribution is 2.34. The van der Waals surface area contributed by atoms with Crippen LogP contribution in [0, 0.1) is 0 Å². The first-order chi connectivity index (χ1) is 13.6. The largest absolute Gasteiger partial charge is 0.270 e. The zero-order chi connectivity index (χ0) is 19.5. The Hall–Kier alpha value is -1.86. The van der Waals surface area contributed by atoms with Crippen LogP contribution in [0.5, 0.6) is 0 Å².